The molecule has 2 rings (SSSR count). The Bertz CT molecular complexity index is 306. The average Bonchev–Trinajstić information content (AvgIpc) is 2.74. The van der Waals surface area contributed by atoms with Crippen molar-refractivity contribution in [2.24, 2.45) is 5.92 Å². The van der Waals surface area contributed by atoms with Crippen LogP contribution in [0.1, 0.15) is 26.2 Å². The molecule has 2 aliphatic rings. The van der Waals surface area contributed by atoms with Gasteiger partial charge in [-0.05, 0) is 6.42 Å². The van der Waals surface area contributed by atoms with Crippen molar-refractivity contribution >= 4 is 5.91 Å². The van der Waals surface area contributed by atoms with Crippen LogP contribution in [0.15, 0.2) is 0 Å². The first-order valence-corrected chi connectivity index (χ1v) is 6.48. The lowest BCUT2D eigenvalue weighted by molar-refractivity contribution is -0.572. The highest BCUT2D eigenvalue weighted by Gasteiger charge is 2.36. The molecule has 2 fully saturated rings. The summed E-state index contributed by atoms with van der Waals surface area (Å²) in [5, 5.41) is 0. The highest BCUT2D eigenvalue weighted by Crippen LogP contribution is 2.22. The summed E-state index contributed by atoms with van der Waals surface area (Å²) in [5.41, 5.74) is 0. The van der Waals surface area contributed by atoms with Gasteiger partial charge in [-0.2, -0.15) is 0 Å². The van der Waals surface area contributed by atoms with E-state index in [4.69, 9.17) is 4.74 Å². The van der Waals surface area contributed by atoms with Crippen LogP contribution in [-0.2, 0) is 9.53 Å². The molecule has 0 aromatic heterocycles. The third kappa shape index (κ3) is 3.03. The molecule has 5 heteroatoms. The summed E-state index contributed by atoms with van der Waals surface area (Å²) in [4.78, 5) is 24.9. The topological polar surface area (TPSA) is 49.6 Å². The predicted octanol–water partition coefficient (Wildman–Crippen LogP) is 0.813. The molecule has 0 spiro atoms. The van der Waals surface area contributed by atoms with Crippen LogP contribution in [0.5, 0.6) is 0 Å². The van der Waals surface area contributed by atoms with E-state index in [1.165, 1.54) is 4.76 Å². The van der Waals surface area contributed by atoms with E-state index in [9.17, 15) is 9.70 Å². The molecule has 0 aromatic carbocycles. The normalized spacial score (nSPS) is 27.6. The minimum atomic E-state index is 0.0776. The molecule has 2 unspecified atom stereocenters. The molecule has 5 nitrogen and oxygen atoms in total. The van der Waals surface area contributed by atoms with Crippen molar-refractivity contribution in [3.8, 4) is 0 Å². The molecule has 0 saturated carbocycles. The van der Waals surface area contributed by atoms with Crippen molar-refractivity contribution < 1.29 is 14.3 Å². The molecule has 0 N–H and O–H groups in total. The summed E-state index contributed by atoms with van der Waals surface area (Å²) in [5.74, 6) is 0.444. The van der Waals surface area contributed by atoms with Gasteiger partial charge in [0.2, 0.25) is 11.9 Å². The minimum absolute atomic E-state index is 0.0776. The van der Waals surface area contributed by atoms with Gasteiger partial charge in [-0.25, -0.2) is 0 Å². The zero-order chi connectivity index (χ0) is 12.3. The van der Waals surface area contributed by atoms with Crippen molar-refractivity contribution in [2.45, 2.75) is 32.2 Å². The van der Waals surface area contributed by atoms with Gasteiger partial charge < -0.3 is 9.64 Å². The number of hydrogen-bond donors (Lipinski definition) is 0. The maximum absolute atomic E-state index is 11.5. The van der Waals surface area contributed by atoms with Crippen LogP contribution in [0.25, 0.3) is 0 Å². The maximum atomic E-state index is 11.5. The number of ether oxygens (including phenoxy) is 1. The van der Waals surface area contributed by atoms with Gasteiger partial charge in [0.1, 0.15) is 6.61 Å². The Morgan fingerprint density at radius 3 is 3.06 bits per heavy atom. The molecule has 2 heterocycles. The van der Waals surface area contributed by atoms with Crippen LogP contribution in [-0.4, -0.2) is 54.5 Å². The molecule has 96 valence electrons. The Morgan fingerprint density at radius 2 is 2.41 bits per heavy atom. The zero-order valence-electron chi connectivity index (χ0n) is 10.4. The number of hydrogen-bond acceptors (Lipinski definition) is 3. The number of nitrogens with zero attached hydrogens (tertiary/aromatic N) is 2. The second-order valence-corrected chi connectivity index (χ2v) is 5.05. The average molecular weight is 241 g/mol. The summed E-state index contributed by atoms with van der Waals surface area (Å²) in [6, 6.07) is 0.158. The Kier molecular flexibility index (Phi) is 4.10. The van der Waals surface area contributed by atoms with E-state index in [0.29, 0.717) is 25.6 Å². The second kappa shape index (κ2) is 5.58. The molecular weight excluding hydrogens is 220 g/mol. The quantitative estimate of drug-likeness (QED) is 0.684. The van der Waals surface area contributed by atoms with E-state index in [0.717, 1.165) is 25.8 Å². The molecule has 0 bridgehead atoms. The fraction of sp³-hybridized carbons (Fsp3) is 0.917. The van der Waals surface area contributed by atoms with Crippen LogP contribution in [0.4, 0.5) is 0 Å². The summed E-state index contributed by atoms with van der Waals surface area (Å²) < 4.78 is 6.30. The molecular formula is C12H21N2O3+. The molecule has 17 heavy (non-hydrogen) atoms. The van der Waals surface area contributed by atoms with Crippen molar-refractivity contribution in [3.63, 3.8) is 0 Å². The number of carbonyl (C=O) groups excluding carboxylic acids is 1. The first kappa shape index (κ1) is 12.5. The molecule has 2 atom stereocenters. The Hall–Kier alpha value is -0.970. The van der Waals surface area contributed by atoms with Crippen LogP contribution in [0.2, 0.25) is 0 Å². The van der Waals surface area contributed by atoms with E-state index < -0.39 is 0 Å². The van der Waals surface area contributed by atoms with E-state index in [1.54, 1.807) is 0 Å². The van der Waals surface area contributed by atoms with Gasteiger partial charge in [-0.1, -0.05) is 6.92 Å². The molecule has 1 amide bonds. The van der Waals surface area contributed by atoms with Crippen molar-refractivity contribution in [3.05, 3.63) is 4.91 Å². The van der Waals surface area contributed by atoms with Gasteiger partial charge in [-0.3, -0.25) is 4.79 Å². The number of amides is 1. The fourth-order valence-electron chi connectivity index (χ4n) is 2.67. The molecule has 0 aliphatic carbocycles. The summed E-state index contributed by atoms with van der Waals surface area (Å²) in [6.45, 7) is 5.09. The summed E-state index contributed by atoms with van der Waals surface area (Å²) >= 11 is 0. The standard InChI is InChI=1S/C12H21N2O3/c1-10(11-3-2-5-14(11)16)4-6-13-7-8-17-9-12(13)15/h10-11H,2-9H2,1H3/q+1. The van der Waals surface area contributed by atoms with Gasteiger partial charge in [0.15, 0.2) is 6.54 Å². The number of rotatable bonds is 4. The van der Waals surface area contributed by atoms with Crippen molar-refractivity contribution in [1.29, 1.82) is 0 Å². The van der Waals surface area contributed by atoms with Crippen LogP contribution in [0.3, 0.4) is 0 Å². The van der Waals surface area contributed by atoms with Crippen LogP contribution < -0.4 is 0 Å². The third-order valence-electron chi connectivity index (χ3n) is 3.84. The van der Waals surface area contributed by atoms with Gasteiger partial charge in [-0.15, -0.1) is 0 Å². The maximum Gasteiger partial charge on any atom is 0.248 e. The van der Waals surface area contributed by atoms with Crippen molar-refractivity contribution in [1.82, 2.24) is 4.90 Å². The SMILES string of the molecule is CC(CCN1CCOCC1=O)C1CCC[N+]1=O. The lowest BCUT2D eigenvalue weighted by Crippen LogP contribution is -2.43. The van der Waals surface area contributed by atoms with Gasteiger partial charge in [0, 0.05) is 41.5 Å². The second-order valence-electron chi connectivity index (χ2n) is 5.05. The number of morpholine rings is 1. The Balaban J connectivity index is 1.77. The van der Waals surface area contributed by atoms with E-state index in [1.807, 2.05) is 4.90 Å². The number of carbonyl (C=O) groups is 1. The van der Waals surface area contributed by atoms with Crippen LogP contribution in [0, 0.1) is 10.8 Å². The van der Waals surface area contributed by atoms with Gasteiger partial charge >= 0.3 is 0 Å². The Morgan fingerprint density at radius 1 is 1.59 bits per heavy atom. The molecule has 2 aliphatic heterocycles. The van der Waals surface area contributed by atoms with Gasteiger partial charge in [0.05, 0.1) is 6.61 Å². The molecule has 2 saturated heterocycles. The first-order valence-electron chi connectivity index (χ1n) is 6.48. The largest absolute Gasteiger partial charge is 0.370 e. The lowest BCUT2D eigenvalue weighted by atomic mass is 9.96. The highest BCUT2D eigenvalue weighted by molar-refractivity contribution is 5.77. The van der Waals surface area contributed by atoms with Gasteiger partial charge in [0.25, 0.3) is 0 Å². The fourth-order valence-corrected chi connectivity index (χ4v) is 2.67. The number of nitroso groups, excluding NO2 is 1. The lowest BCUT2D eigenvalue weighted by Gasteiger charge is -2.27. The third-order valence-corrected chi connectivity index (χ3v) is 3.84. The summed E-state index contributed by atoms with van der Waals surface area (Å²) in [7, 11) is 0. The van der Waals surface area contributed by atoms with E-state index in [2.05, 4.69) is 6.92 Å². The molecule has 0 aromatic rings. The summed E-state index contributed by atoms with van der Waals surface area (Å²) in [6.07, 6.45) is 2.92. The monoisotopic (exact) mass is 241 g/mol. The predicted molar refractivity (Wildman–Crippen MR) is 62.7 cm³/mol. The van der Waals surface area contributed by atoms with E-state index in [-0.39, 0.29) is 18.6 Å². The zero-order valence-corrected chi connectivity index (χ0v) is 10.4. The van der Waals surface area contributed by atoms with Crippen molar-refractivity contribution in [2.75, 3.05) is 32.8 Å². The minimum Gasteiger partial charge on any atom is -0.370 e. The molecule has 0 radical (unpaired) electrons. The first-order chi connectivity index (χ1) is 8.18. The highest BCUT2D eigenvalue weighted by atomic mass is 16.5. The van der Waals surface area contributed by atoms with Crippen LogP contribution >= 0.6 is 0 Å². The van der Waals surface area contributed by atoms with E-state index >= 15 is 0 Å². The Labute approximate surface area is 102 Å². The smallest absolute Gasteiger partial charge is 0.248 e.